The SMILES string of the molecule is Cc1noc(C)c1S(=O)(=O)N[C@@H](C)C(=O)Nc1cccc(-c2nncn2C)c1. The van der Waals surface area contributed by atoms with Crippen molar-refractivity contribution >= 4 is 21.6 Å². The molecule has 0 spiro atoms. The first kappa shape index (κ1) is 19.7. The van der Waals surface area contributed by atoms with Crippen molar-refractivity contribution in [3.05, 3.63) is 42.0 Å². The van der Waals surface area contributed by atoms with Crippen LogP contribution < -0.4 is 10.0 Å². The first-order valence-corrected chi connectivity index (χ1v) is 9.88. The molecule has 0 saturated carbocycles. The molecule has 0 unspecified atom stereocenters. The minimum Gasteiger partial charge on any atom is -0.360 e. The molecule has 10 nitrogen and oxygen atoms in total. The Bertz CT molecular complexity index is 1100. The molecule has 11 heteroatoms. The minimum absolute atomic E-state index is 0.0589. The molecule has 28 heavy (non-hydrogen) atoms. The van der Waals surface area contributed by atoms with E-state index in [9.17, 15) is 13.2 Å². The number of aromatic nitrogens is 4. The molecule has 1 atom stereocenters. The lowest BCUT2D eigenvalue weighted by Crippen LogP contribution is -2.41. The van der Waals surface area contributed by atoms with Crippen molar-refractivity contribution in [1.29, 1.82) is 0 Å². The molecule has 0 bridgehead atoms. The first-order valence-electron chi connectivity index (χ1n) is 8.39. The Labute approximate surface area is 162 Å². The number of carbonyl (C=O) groups is 1. The van der Waals surface area contributed by atoms with E-state index < -0.39 is 22.0 Å². The van der Waals surface area contributed by atoms with Crippen molar-refractivity contribution in [2.45, 2.75) is 31.7 Å². The normalized spacial score (nSPS) is 12.7. The minimum atomic E-state index is -3.95. The zero-order valence-corrected chi connectivity index (χ0v) is 16.6. The number of benzene rings is 1. The molecule has 2 N–H and O–H groups in total. The number of carbonyl (C=O) groups excluding carboxylic acids is 1. The van der Waals surface area contributed by atoms with Crippen LogP contribution in [0.25, 0.3) is 11.4 Å². The van der Waals surface area contributed by atoms with Crippen molar-refractivity contribution in [3.8, 4) is 11.4 Å². The van der Waals surface area contributed by atoms with E-state index in [1.54, 1.807) is 29.1 Å². The maximum absolute atomic E-state index is 12.5. The maximum atomic E-state index is 12.5. The van der Waals surface area contributed by atoms with Gasteiger partial charge in [0.2, 0.25) is 15.9 Å². The summed E-state index contributed by atoms with van der Waals surface area (Å²) in [5, 5.41) is 14.2. The number of nitrogens with zero attached hydrogens (tertiary/aromatic N) is 4. The molecule has 2 heterocycles. The number of anilines is 1. The van der Waals surface area contributed by atoms with Gasteiger partial charge in [0.1, 0.15) is 16.9 Å². The van der Waals surface area contributed by atoms with Crippen molar-refractivity contribution in [1.82, 2.24) is 24.6 Å². The van der Waals surface area contributed by atoms with Gasteiger partial charge >= 0.3 is 0 Å². The van der Waals surface area contributed by atoms with Gasteiger partial charge < -0.3 is 14.4 Å². The average molecular weight is 404 g/mol. The van der Waals surface area contributed by atoms with E-state index >= 15 is 0 Å². The third kappa shape index (κ3) is 3.94. The number of nitrogens with one attached hydrogen (secondary N) is 2. The lowest BCUT2D eigenvalue weighted by Gasteiger charge is -2.14. The average Bonchev–Trinajstić information content (AvgIpc) is 3.20. The van der Waals surface area contributed by atoms with E-state index in [0.29, 0.717) is 11.5 Å². The molecule has 0 saturated heterocycles. The molecule has 148 valence electrons. The van der Waals surface area contributed by atoms with E-state index in [4.69, 9.17) is 4.52 Å². The van der Waals surface area contributed by atoms with Crippen LogP contribution in [0.2, 0.25) is 0 Å². The summed E-state index contributed by atoms with van der Waals surface area (Å²) in [7, 11) is -2.14. The monoisotopic (exact) mass is 404 g/mol. The number of rotatable bonds is 6. The highest BCUT2D eigenvalue weighted by Crippen LogP contribution is 2.21. The number of hydrogen-bond donors (Lipinski definition) is 2. The predicted octanol–water partition coefficient (Wildman–Crippen LogP) is 1.39. The molecule has 0 fully saturated rings. The zero-order chi connectivity index (χ0) is 20.5. The summed E-state index contributed by atoms with van der Waals surface area (Å²) >= 11 is 0. The zero-order valence-electron chi connectivity index (χ0n) is 15.8. The van der Waals surface area contributed by atoms with Crippen LogP contribution in [-0.4, -0.2) is 40.3 Å². The van der Waals surface area contributed by atoms with Gasteiger partial charge in [-0.3, -0.25) is 4.79 Å². The van der Waals surface area contributed by atoms with Crippen LogP contribution in [-0.2, 0) is 21.9 Å². The van der Waals surface area contributed by atoms with Crippen molar-refractivity contribution < 1.29 is 17.7 Å². The van der Waals surface area contributed by atoms with Gasteiger partial charge in [0, 0.05) is 18.3 Å². The Morgan fingerprint density at radius 1 is 1.29 bits per heavy atom. The van der Waals surface area contributed by atoms with Gasteiger partial charge in [0.05, 0.1) is 6.04 Å². The Morgan fingerprint density at radius 3 is 2.64 bits per heavy atom. The van der Waals surface area contributed by atoms with Gasteiger partial charge in [-0.05, 0) is 32.9 Å². The number of aryl methyl sites for hydroxylation is 3. The highest BCUT2D eigenvalue weighted by Gasteiger charge is 2.28. The third-order valence-electron chi connectivity index (χ3n) is 4.06. The number of amides is 1. The number of sulfonamides is 1. The van der Waals surface area contributed by atoms with Gasteiger partial charge in [0.25, 0.3) is 0 Å². The van der Waals surface area contributed by atoms with Crippen LogP contribution in [0.4, 0.5) is 5.69 Å². The molecule has 1 amide bonds. The molecule has 2 aromatic heterocycles. The highest BCUT2D eigenvalue weighted by atomic mass is 32.2. The second kappa shape index (κ2) is 7.52. The van der Waals surface area contributed by atoms with E-state index in [2.05, 4.69) is 25.4 Å². The quantitative estimate of drug-likeness (QED) is 0.634. The van der Waals surface area contributed by atoms with Crippen LogP contribution in [0.1, 0.15) is 18.4 Å². The van der Waals surface area contributed by atoms with Crippen LogP contribution in [0.3, 0.4) is 0 Å². The standard InChI is InChI=1S/C17H20N6O4S/c1-10-15(12(3)27-21-10)28(25,26)22-11(2)17(24)19-14-7-5-6-13(8-14)16-20-18-9-23(16)4/h5-9,11,22H,1-4H3,(H,19,24)/t11-/m0/s1. The fraction of sp³-hybridized carbons (Fsp3) is 0.294. The maximum Gasteiger partial charge on any atom is 0.246 e. The molecular formula is C17H20N6O4S. The Kier molecular flexibility index (Phi) is 5.29. The summed E-state index contributed by atoms with van der Waals surface area (Å²) in [4.78, 5) is 12.4. The largest absolute Gasteiger partial charge is 0.360 e. The smallest absolute Gasteiger partial charge is 0.246 e. The van der Waals surface area contributed by atoms with Gasteiger partial charge in [-0.25, -0.2) is 8.42 Å². The lowest BCUT2D eigenvalue weighted by molar-refractivity contribution is -0.117. The summed E-state index contributed by atoms with van der Waals surface area (Å²) in [6.07, 6.45) is 1.58. The van der Waals surface area contributed by atoms with E-state index in [1.807, 2.05) is 13.1 Å². The predicted molar refractivity (Wildman–Crippen MR) is 101 cm³/mol. The Morgan fingerprint density at radius 2 is 2.04 bits per heavy atom. The second-order valence-corrected chi connectivity index (χ2v) is 7.98. The summed E-state index contributed by atoms with van der Waals surface area (Å²) in [5.41, 5.74) is 1.50. The Hall–Kier alpha value is -3.05. The molecule has 3 rings (SSSR count). The number of hydrogen-bond acceptors (Lipinski definition) is 7. The topological polar surface area (TPSA) is 132 Å². The van der Waals surface area contributed by atoms with E-state index in [-0.39, 0.29) is 16.3 Å². The van der Waals surface area contributed by atoms with Crippen LogP contribution >= 0.6 is 0 Å². The molecule has 0 aliphatic carbocycles. The van der Waals surface area contributed by atoms with Gasteiger partial charge in [-0.2, -0.15) is 4.72 Å². The molecular weight excluding hydrogens is 384 g/mol. The van der Waals surface area contributed by atoms with Gasteiger partial charge in [-0.1, -0.05) is 17.3 Å². The first-order chi connectivity index (χ1) is 13.2. The van der Waals surface area contributed by atoms with Gasteiger partial charge in [-0.15, -0.1) is 10.2 Å². The van der Waals surface area contributed by atoms with Crippen LogP contribution in [0.5, 0.6) is 0 Å². The summed E-state index contributed by atoms with van der Waals surface area (Å²) in [6.45, 7) is 4.47. The van der Waals surface area contributed by atoms with Crippen molar-refractivity contribution in [2.24, 2.45) is 7.05 Å². The molecule has 0 aliphatic rings. The molecule has 1 aromatic carbocycles. The second-order valence-electron chi connectivity index (χ2n) is 6.33. The highest BCUT2D eigenvalue weighted by molar-refractivity contribution is 7.89. The molecule has 0 aliphatic heterocycles. The van der Waals surface area contributed by atoms with Crippen molar-refractivity contribution in [2.75, 3.05) is 5.32 Å². The summed E-state index contributed by atoms with van der Waals surface area (Å²) < 4.78 is 34.1. The van der Waals surface area contributed by atoms with Gasteiger partial charge in [0.15, 0.2) is 11.6 Å². The van der Waals surface area contributed by atoms with E-state index in [1.165, 1.54) is 20.8 Å². The van der Waals surface area contributed by atoms with Crippen LogP contribution in [0, 0.1) is 13.8 Å². The third-order valence-corrected chi connectivity index (χ3v) is 5.85. The molecule has 3 aromatic rings. The molecule has 0 radical (unpaired) electrons. The lowest BCUT2D eigenvalue weighted by atomic mass is 10.2. The fourth-order valence-corrected chi connectivity index (χ4v) is 4.27. The van der Waals surface area contributed by atoms with E-state index in [0.717, 1.165) is 5.56 Å². The van der Waals surface area contributed by atoms with Crippen molar-refractivity contribution in [3.63, 3.8) is 0 Å². The Balaban J connectivity index is 1.74. The fourth-order valence-electron chi connectivity index (χ4n) is 2.73. The summed E-state index contributed by atoms with van der Waals surface area (Å²) in [6, 6.07) is 6.02. The van der Waals surface area contributed by atoms with Crippen LogP contribution in [0.15, 0.2) is 40.0 Å². The summed E-state index contributed by atoms with van der Waals surface area (Å²) in [5.74, 6) is 0.294.